The molecule has 2 rings (SSSR count). The van der Waals surface area contributed by atoms with E-state index in [1.54, 1.807) is 0 Å². The van der Waals surface area contributed by atoms with Crippen LogP contribution in [0.4, 0.5) is 5.82 Å². The van der Waals surface area contributed by atoms with E-state index in [0.717, 1.165) is 16.8 Å². The maximum atomic E-state index is 4.41. The molecule has 0 amide bonds. The first kappa shape index (κ1) is 13.8. The topological polar surface area (TPSA) is 28.2 Å². The molecule has 1 aromatic rings. The Labute approximate surface area is 118 Å². The van der Waals surface area contributed by atoms with E-state index < -0.39 is 0 Å². The second-order valence-electron chi connectivity index (χ2n) is 5.47. The Bertz CT molecular complexity index is 412. The van der Waals surface area contributed by atoms with Crippen LogP contribution in [0.1, 0.15) is 31.2 Å². The molecule has 1 aliphatic carbocycles. The van der Waals surface area contributed by atoms with Gasteiger partial charge in [-0.3, -0.25) is 0 Å². The standard InChI is InChI=1S/C14H22BrN3/c1-11-6-9-16-13(12(11)15)17-10-14(18(2)3)7-4-5-8-14/h6,9H,4-5,7-8,10H2,1-3H3,(H,16,17). The molecular formula is C14H22BrN3. The van der Waals surface area contributed by atoms with Crippen molar-refractivity contribution in [2.45, 2.75) is 38.1 Å². The number of pyridine rings is 1. The molecular weight excluding hydrogens is 290 g/mol. The Morgan fingerprint density at radius 1 is 1.39 bits per heavy atom. The molecule has 1 heterocycles. The molecule has 100 valence electrons. The maximum absolute atomic E-state index is 4.41. The number of nitrogens with zero attached hydrogens (tertiary/aromatic N) is 2. The third kappa shape index (κ3) is 2.69. The summed E-state index contributed by atoms with van der Waals surface area (Å²) in [6, 6.07) is 2.02. The average Bonchev–Trinajstić information content (AvgIpc) is 2.81. The largest absolute Gasteiger partial charge is 0.367 e. The summed E-state index contributed by atoms with van der Waals surface area (Å²) in [5, 5.41) is 3.52. The van der Waals surface area contributed by atoms with Crippen LogP contribution in [0.25, 0.3) is 0 Å². The smallest absolute Gasteiger partial charge is 0.140 e. The van der Waals surface area contributed by atoms with Crippen molar-refractivity contribution >= 4 is 21.7 Å². The molecule has 1 saturated carbocycles. The molecule has 0 bridgehead atoms. The lowest BCUT2D eigenvalue weighted by molar-refractivity contribution is 0.172. The highest BCUT2D eigenvalue weighted by Gasteiger charge is 2.35. The number of nitrogens with one attached hydrogen (secondary N) is 1. The number of halogens is 1. The van der Waals surface area contributed by atoms with Crippen molar-refractivity contribution in [1.29, 1.82) is 0 Å². The van der Waals surface area contributed by atoms with Gasteiger partial charge >= 0.3 is 0 Å². The van der Waals surface area contributed by atoms with E-state index in [4.69, 9.17) is 0 Å². The molecule has 1 aromatic heterocycles. The van der Waals surface area contributed by atoms with Crippen molar-refractivity contribution in [2.24, 2.45) is 0 Å². The molecule has 1 N–H and O–H groups in total. The number of hydrogen-bond acceptors (Lipinski definition) is 3. The molecule has 1 fully saturated rings. The van der Waals surface area contributed by atoms with Gasteiger partial charge in [-0.2, -0.15) is 0 Å². The number of aryl methyl sites for hydroxylation is 1. The lowest BCUT2D eigenvalue weighted by atomic mass is 9.96. The second-order valence-corrected chi connectivity index (χ2v) is 6.26. The Balaban J connectivity index is 2.08. The molecule has 0 aromatic carbocycles. The summed E-state index contributed by atoms with van der Waals surface area (Å²) >= 11 is 3.61. The van der Waals surface area contributed by atoms with E-state index in [9.17, 15) is 0 Å². The highest BCUT2D eigenvalue weighted by molar-refractivity contribution is 9.10. The van der Waals surface area contributed by atoms with E-state index in [2.05, 4.69) is 52.1 Å². The van der Waals surface area contributed by atoms with Crippen molar-refractivity contribution in [3.63, 3.8) is 0 Å². The summed E-state index contributed by atoms with van der Waals surface area (Å²) in [4.78, 5) is 6.79. The van der Waals surface area contributed by atoms with E-state index in [-0.39, 0.29) is 0 Å². The normalized spacial score (nSPS) is 18.3. The van der Waals surface area contributed by atoms with Gasteiger partial charge in [-0.25, -0.2) is 4.98 Å². The van der Waals surface area contributed by atoms with Crippen LogP contribution in [0.3, 0.4) is 0 Å². The van der Waals surface area contributed by atoms with E-state index in [1.807, 2.05) is 12.3 Å². The molecule has 0 radical (unpaired) electrons. The van der Waals surface area contributed by atoms with Gasteiger partial charge in [0.1, 0.15) is 5.82 Å². The van der Waals surface area contributed by atoms with Crippen molar-refractivity contribution in [2.75, 3.05) is 26.0 Å². The van der Waals surface area contributed by atoms with Gasteiger partial charge in [0.2, 0.25) is 0 Å². The van der Waals surface area contributed by atoms with Crippen LogP contribution in [0.5, 0.6) is 0 Å². The van der Waals surface area contributed by atoms with Crippen molar-refractivity contribution < 1.29 is 0 Å². The van der Waals surface area contributed by atoms with Crippen LogP contribution < -0.4 is 5.32 Å². The Morgan fingerprint density at radius 3 is 2.67 bits per heavy atom. The predicted molar refractivity (Wildman–Crippen MR) is 80.0 cm³/mol. The van der Waals surface area contributed by atoms with Gasteiger partial charge < -0.3 is 10.2 Å². The minimum absolute atomic E-state index is 0.296. The lowest BCUT2D eigenvalue weighted by Gasteiger charge is -2.36. The fourth-order valence-electron chi connectivity index (χ4n) is 2.73. The molecule has 3 nitrogen and oxygen atoms in total. The summed E-state index contributed by atoms with van der Waals surface area (Å²) in [6.07, 6.45) is 7.08. The summed E-state index contributed by atoms with van der Waals surface area (Å²) in [5.74, 6) is 0.961. The number of likely N-dealkylation sites (N-methyl/N-ethyl adjacent to an activating group) is 1. The van der Waals surface area contributed by atoms with Gasteiger partial charge in [0.05, 0.1) is 4.47 Å². The monoisotopic (exact) mass is 311 g/mol. The Morgan fingerprint density at radius 2 is 2.06 bits per heavy atom. The highest BCUT2D eigenvalue weighted by atomic mass is 79.9. The Kier molecular flexibility index (Phi) is 4.28. The van der Waals surface area contributed by atoms with Gasteiger partial charge in [-0.1, -0.05) is 12.8 Å². The third-order valence-corrected chi connectivity index (χ3v) is 5.15. The van der Waals surface area contributed by atoms with Gasteiger partial charge in [0.15, 0.2) is 0 Å². The van der Waals surface area contributed by atoms with Crippen LogP contribution >= 0.6 is 15.9 Å². The fourth-order valence-corrected chi connectivity index (χ4v) is 3.10. The molecule has 4 heteroatoms. The average molecular weight is 312 g/mol. The van der Waals surface area contributed by atoms with Crippen molar-refractivity contribution in [1.82, 2.24) is 9.88 Å². The molecule has 0 saturated heterocycles. The first-order valence-corrected chi connectivity index (χ1v) is 7.37. The first-order valence-electron chi connectivity index (χ1n) is 6.58. The van der Waals surface area contributed by atoms with Gasteiger partial charge in [0, 0.05) is 18.3 Å². The number of rotatable bonds is 4. The fraction of sp³-hybridized carbons (Fsp3) is 0.643. The molecule has 0 aliphatic heterocycles. The van der Waals surface area contributed by atoms with Crippen LogP contribution in [0.2, 0.25) is 0 Å². The molecule has 0 spiro atoms. The van der Waals surface area contributed by atoms with E-state index in [1.165, 1.54) is 31.2 Å². The lowest BCUT2D eigenvalue weighted by Crippen LogP contribution is -2.47. The van der Waals surface area contributed by atoms with Crippen LogP contribution in [0.15, 0.2) is 16.7 Å². The quantitative estimate of drug-likeness (QED) is 0.923. The van der Waals surface area contributed by atoms with E-state index >= 15 is 0 Å². The van der Waals surface area contributed by atoms with Crippen molar-refractivity contribution in [3.05, 3.63) is 22.3 Å². The SMILES string of the molecule is Cc1ccnc(NCC2(N(C)C)CCCC2)c1Br. The summed E-state index contributed by atoms with van der Waals surface area (Å²) in [5.41, 5.74) is 1.52. The minimum atomic E-state index is 0.296. The van der Waals surface area contributed by atoms with Gasteiger partial charge in [-0.15, -0.1) is 0 Å². The van der Waals surface area contributed by atoms with Crippen LogP contribution in [0, 0.1) is 6.92 Å². The summed E-state index contributed by atoms with van der Waals surface area (Å²) < 4.78 is 1.08. The number of aromatic nitrogens is 1. The third-order valence-electron chi connectivity index (χ3n) is 4.15. The second kappa shape index (κ2) is 5.57. The predicted octanol–water partition coefficient (Wildman–Crippen LogP) is 3.44. The van der Waals surface area contributed by atoms with Crippen molar-refractivity contribution in [3.8, 4) is 0 Å². The molecule has 1 aliphatic rings. The zero-order chi connectivity index (χ0) is 13.2. The maximum Gasteiger partial charge on any atom is 0.140 e. The minimum Gasteiger partial charge on any atom is -0.367 e. The molecule has 0 atom stereocenters. The molecule has 18 heavy (non-hydrogen) atoms. The Hall–Kier alpha value is -0.610. The van der Waals surface area contributed by atoms with Gasteiger partial charge in [-0.05, 0) is 61.4 Å². The summed E-state index contributed by atoms with van der Waals surface area (Å²) in [6.45, 7) is 3.06. The number of anilines is 1. The van der Waals surface area contributed by atoms with E-state index in [0.29, 0.717) is 5.54 Å². The summed E-state index contributed by atoms with van der Waals surface area (Å²) in [7, 11) is 4.37. The zero-order valence-corrected chi connectivity index (χ0v) is 13.0. The number of hydrogen-bond donors (Lipinski definition) is 1. The zero-order valence-electron chi connectivity index (χ0n) is 11.5. The highest BCUT2D eigenvalue weighted by Crippen LogP contribution is 2.34. The van der Waals surface area contributed by atoms with Crippen LogP contribution in [-0.4, -0.2) is 36.1 Å². The molecule has 0 unspecified atom stereocenters. The first-order chi connectivity index (χ1) is 8.55. The van der Waals surface area contributed by atoms with Gasteiger partial charge in [0.25, 0.3) is 0 Å². The van der Waals surface area contributed by atoms with Crippen LogP contribution in [-0.2, 0) is 0 Å².